The van der Waals surface area contributed by atoms with E-state index in [2.05, 4.69) is 0 Å². The number of rotatable bonds is 0. The van der Waals surface area contributed by atoms with Crippen LogP contribution in [0.15, 0.2) is 0 Å². The standard InChI is InChI=1S/26Na.8H2O.26H/h;;;;;;;;;;;;;;;;;;;;;;;;;;8*1H2;;;;;;;;;;;;;;;;;;;;;;;;;;/q26*+1;;;;;;;;;26*-1. The zero-order chi connectivity index (χ0) is 0. The summed E-state index contributed by atoms with van der Waals surface area (Å²) >= 11 is 0. The summed E-state index contributed by atoms with van der Waals surface area (Å²) in [5.41, 5.74) is 0. The second-order valence-corrected chi connectivity index (χ2v) is 0. The zero-order valence-corrected chi connectivity index (χ0v) is 82.0. The molecule has 34 heteroatoms. The van der Waals surface area contributed by atoms with E-state index in [-0.39, 0.29) is 849 Å². The third kappa shape index (κ3) is 281. The van der Waals surface area contributed by atoms with Crippen molar-refractivity contribution in [3.63, 3.8) is 0 Å². The van der Waals surface area contributed by atoms with Crippen molar-refractivity contribution in [2.75, 3.05) is 0 Å². The average molecular weight is 768 g/mol. The van der Waals surface area contributed by atoms with E-state index in [1.807, 2.05) is 0 Å². The van der Waals surface area contributed by atoms with Crippen molar-refractivity contribution in [2.45, 2.75) is 0 Å². The minimum atomic E-state index is 0. The maximum atomic E-state index is 0. The van der Waals surface area contributed by atoms with Gasteiger partial charge in [0.05, 0.1) is 0 Å². The third-order valence-electron chi connectivity index (χ3n) is 0. The quantitative estimate of drug-likeness (QED) is 0.208. The Labute approximate surface area is 823 Å². The Bertz CT molecular complexity index is 86.0. The molecule has 0 atom stereocenters. The Kier molecular flexibility index (Phi) is 2710. The Morgan fingerprint density at radius 1 is 0.0882 bits per heavy atom. The predicted molar refractivity (Wildman–Crippen MR) is 57.8 cm³/mol. The van der Waals surface area contributed by atoms with Gasteiger partial charge in [0.15, 0.2) is 0 Å². The van der Waals surface area contributed by atoms with Gasteiger partial charge >= 0.3 is 768 Å². The summed E-state index contributed by atoms with van der Waals surface area (Å²) < 4.78 is 0. The van der Waals surface area contributed by atoms with Gasteiger partial charge in [0.2, 0.25) is 0 Å². The molecule has 0 unspecified atom stereocenters. The second-order valence-electron chi connectivity index (χ2n) is 0. The Morgan fingerprint density at radius 2 is 0.0882 bits per heavy atom. The molecular formula is H42Na26O8. The summed E-state index contributed by atoms with van der Waals surface area (Å²) in [6.07, 6.45) is 0. The van der Waals surface area contributed by atoms with Crippen LogP contribution < -0.4 is 768 Å². The number of hydrogen-bond donors (Lipinski definition) is 0. The Hall–Kier alpha value is 25.7. The number of hydrogen-bond acceptors (Lipinski definition) is 0. The third-order valence-corrected chi connectivity index (χ3v) is 0. The first-order valence-corrected chi connectivity index (χ1v) is 0. The molecule has 0 radical (unpaired) electrons. The molecule has 16 N–H and O–H groups in total. The average Bonchev–Trinajstić information content (AvgIpc) is 0. The molecule has 8 nitrogen and oxygen atoms in total. The molecule has 0 aliphatic heterocycles. The van der Waals surface area contributed by atoms with Crippen LogP contribution in [-0.4, -0.2) is 43.8 Å². The summed E-state index contributed by atoms with van der Waals surface area (Å²) in [7, 11) is 0. The van der Waals surface area contributed by atoms with Gasteiger partial charge in [0.25, 0.3) is 0 Å². The van der Waals surface area contributed by atoms with E-state index in [9.17, 15) is 0 Å². The smallest absolute Gasteiger partial charge is 1.00 e. The molecule has 0 spiro atoms. The molecule has 0 fully saturated rings. The summed E-state index contributed by atoms with van der Waals surface area (Å²) in [5, 5.41) is 0. The molecule has 0 aliphatic carbocycles. The van der Waals surface area contributed by atoms with Crippen LogP contribution in [0.2, 0.25) is 0 Å². The minimum Gasteiger partial charge on any atom is -1.00 e. The summed E-state index contributed by atoms with van der Waals surface area (Å²) in [6, 6.07) is 0. The first-order chi connectivity index (χ1) is 0. The van der Waals surface area contributed by atoms with Gasteiger partial charge in [0, 0.05) is 0 Å². The molecule has 0 saturated carbocycles. The minimum absolute atomic E-state index is 0. The first kappa shape index (κ1) is 312. The predicted octanol–water partition coefficient (Wildman–Crippen LogP) is -81.6. The van der Waals surface area contributed by atoms with Crippen LogP contribution in [0.4, 0.5) is 0 Å². The normalized spacial score (nSPS) is 0. The van der Waals surface area contributed by atoms with Gasteiger partial charge in [-0.25, -0.2) is 0 Å². The monoisotopic (exact) mass is 768 g/mol. The van der Waals surface area contributed by atoms with Crippen molar-refractivity contribution in [3.05, 3.63) is 0 Å². The molecule has 0 rings (SSSR count). The fourth-order valence-electron chi connectivity index (χ4n) is 0. The van der Waals surface area contributed by atoms with Crippen LogP contribution in [0.3, 0.4) is 0 Å². The van der Waals surface area contributed by atoms with Gasteiger partial charge < -0.3 is 80.9 Å². The molecule has 0 aromatic carbocycles. The van der Waals surface area contributed by atoms with Crippen LogP contribution in [0.25, 0.3) is 0 Å². The molecule has 116 valence electrons. The van der Waals surface area contributed by atoms with Crippen LogP contribution in [0, 0.1) is 0 Å². The summed E-state index contributed by atoms with van der Waals surface area (Å²) in [5.74, 6) is 0. The van der Waals surface area contributed by atoms with Crippen molar-refractivity contribution in [3.8, 4) is 0 Å². The van der Waals surface area contributed by atoms with Gasteiger partial charge in [-0.05, 0) is 0 Å². The maximum Gasteiger partial charge on any atom is 1.00 e. The van der Waals surface area contributed by atoms with Crippen LogP contribution in [0.1, 0.15) is 37.1 Å². The van der Waals surface area contributed by atoms with Crippen molar-refractivity contribution in [2.24, 2.45) is 0 Å². The van der Waals surface area contributed by atoms with Crippen LogP contribution >= 0.6 is 0 Å². The van der Waals surface area contributed by atoms with E-state index in [0.717, 1.165) is 0 Å². The van der Waals surface area contributed by atoms with E-state index < -0.39 is 0 Å². The molecule has 34 heavy (non-hydrogen) atoms. The van der Waals surface area contributed by atoms with E-state index in [1.165, 1.54) is 0 Å². The van der Waals surface area contributed by atoms with Gasteiger partial charge in [0.1, 0.15) is 0 Å². The fraction of sp³-hybridized carbons (Fsp3) is 0. The largest absolute Gasteiger partial charge is 1.00 e. The van der Waals surface area contributed by atoms with Crippen LogP contribution in [-0.2, 0) is 0 Å². The van der Waals surface area contributed by atoms with E-state index >= 15 is 0 Å². The molecule has 0 aromatic heterocycles. The van der Waals surface area contributed by atoms with Gasteiger partial charge in [-0.3, -0.25) is 0 Å². The second kappa shape index (κ2) is 296. The van der Waals surface area contributed by atoms with Gasteiger partial charge in [-0.15, -0.1) is 0 Å². The molecule has 0 heterocycles. The summed E-state index contributed by atoms with van der Waals surface area (Å²) in [6.45, 7) is 0. The Balaban J connectivity index is 0. The topological polar surface area (TPSA) is 252 Å². The van der Waals surface area contributed by atoms with Gasteiger partial charge in [-0.1, -0.05) is 0 Å². The maximum absolute atomic E-state index is 0. The van der Waals surface area contributed by atoms with Crippen molar-refractivity contribution >= 4 is 0 Å². The SMILES string of the molecule is O.O.O.O.O.O.O.O.[H-].[H-].[H-].[H-].[H-].[H-].[H-].[H-].[H-].[H-].[H-].[H-].[H-].[H-].[H-].[H-].[H-].[H-].[H-].[H-].[H-].[H-].[H-].[H-].[H-].[H-].[Na+].[Na+].[Na+].[Na+].[Na+].[Na+].[Na+].[Na+].[Na+].[Na+].[Na+].[Na+].[Na+].[Na+].[Na+].[Na+].[Na+].[Na+].[Na+].[Na+].[Na+].[Na+].[Na+].[Na+].[Na+].[Na+]. The first-order valence-electron chi connectivity index (χ1n) is 0. The molecule has 0 aromatic rings. The van der Waals surface area contributed by atoms with Crippen molar-refractivity contribution in [1.29, 1.82) is 0 Å². The van der Waals surface area contributed by atoms with E-state index in [4.69, 9.17) is 0 Å². The zero-order valence-electron chi connectivity index (χ0n) is 56.0. The molecule has 0 bridgehead atoms. The van der Waals surface area contributed by atoms with E-state index in [0.29, 0.717) is 0 Å². The van der Waals surface area contributed by atoms with Crippen LogP contribution in [0.5, 0.6) is 0 Å². The van der Waals surface area contributed by atoms with Gasteiger partial charge in [-0.2, -0.15) is 0 Å². The molecule has 0 aliphatic rings. The molecular weight excluding hydrogens is 726 g/mol. The molecule has 0 amide bonds. The fourth-order valence-corrected chi connectivity index (χ4v) is 0. The van der Waals surface area contributed by atoms with E-state index in [1.54, 1.807) is 0 Å². The summed E-state index contributed by atoms with van der Waals surface area (Å²) in [4.78, 5) is 0. The molecule has 0 saturated heterocycles. The van der Waals surface area contributed by atoms with Crippen molar-refractivity contribution in [1.82, 2.24) is 0 Å². The Morgan fingerprint density at radius 3 is 0.0882 bits per heavy atom. The van der Waals surface area contributed by atoms with Crippen molar-refractivity contribution < 1.29 is 849 Å².